The van der Waals surface area contributed by atoms with Crippen molar-refractivity contribution < 1.29 is 14.3 Å². The highest BCUT2D eigenvalue weighted by Crippen LogP contribution is 2.30. The molecule has 0 spiro atoms. The molecule has 0 atom stereocenters. The predicted octanol–water partition coefficient (Wildman–Crippen LogP) is 2.63. The van der Waals surface area contributed by atoms with Gasteiger partial charge in [0.15, 0.2) is 11.5 Å². The first-order chi connectivity index (χ1) is 12.5. The Morgan fingerprint density at radius 2 is 1.85 bits per heavy atom. The maximum absolute atomic E-state index is 12.7. The highest BCUT2D eigenvalue weighted by Gasteiger charge is 2.16. The standard InChI is InChI=1S/C19H21N3O4/c1-5-22-9-8-14-13(19(22)24)11-15(21(14)2)18(23)20-12-6-7-16(25-3)17(10-12)26-4/h6-11H,5H2,1-4H3,(H,20,23). The van der Waals surface area contributed by atoms with Crippen LogP contribution in [0.15, 0.2) is 41.3 Å². The number of carbonyl (C=O) groups is 1. The molecule has 0 radical (unpaired) electrons. The van der Waals surface area contributed by atoms with E-state index in [0.29, 0.717) is 34.8 Å². The molecule has 1 amide bonds. The third kappa shape index (κ3) is 2.92. The summed E-state index contributed by atoms with van der Waals surface area (Å²) in [6.45, 7) is 2.48. The van der Waals surface area contributed by atoms with Gasteiger partial charge in [-0.15, -0.1) is 0 Å². The lowest BCUT2D eigenvalue weighted by molar-refractivity contribution is 0.101. The third-order valence-electron chi connectivity index (χ3n) is 4.40. The Morgan fingerprint density at radius 3 is 2.50 bits per heavy atom. The van der Waals surface area contributed by atoms with Crippen molar-refractivity contribution in [3.63, 3.8) is 0 Å². The van der Waals surface area contributed by atoms with E-state index < -0.39 is 0 Å². The molecule has 0 unspecified atom stereocenters. The first-order valence-corrected chi connectivity index (χ1v) is 8.22. The van der Waals surface area contributed by atoms with Gasteiger partial charge < -0.3 is 23.9 Å². The SMILES string of the molecule is CCn1ccc2c(cc(C(=O)Nc3ccc(OC)c(OC)c3)n2C)c1=O. The van der Waals surface area contributed by atoms with Gasteiger partial charge in [0.05, 0.1) is 25.1 Å². The molecule has 0 aliphatic carbocycles. The molecule has 3 rings (SSSR count). The number of fused-ring (bicyclic) bond motifs is 1. The van der Waals surface area contributed by atoms with Gasteiger partial charge in [0.1, 0.15) is 5.69 Å². The molecule has 0 aliphatic heterocycles. The number of nitrogens with zero attached hydrogens (tertiary/aromatic N) is 2. The molecule has 26 heavy (non-hydrogen) atoms. The van der Waals surface area contributed by atoms with Crippen LogP contribution in [0.4, 0.5) is 5.69 Å². The molecule has 0 aliphatic rings. The summed E-state index contributed by atoms with van der Waals surface area (Å²) in [6.07, 6.45) is 1.74. The molecule has 7 heteroatoms. The lowest BCUT2D eigenvalue weighted by Crippen LogP contribution is -2.17. The number of anilines is 1. The van der Waals surface area contributed by atoms with Crippen LogP contribution in [0, 0.1) is 0 Å². The van der Waals surface area contributed by atoms with Gasteiger partial charge >= 0.3 is 0 Å². The minimum atomic E-state index is -0.307. The van der Waals surface area contributed by atoms with Crippen LogP contribution in [0.2, 0.25) is 0 Å². The van der Waals surface area contributed by atoms with Crippen molar-refractivity contribution >= 4 is 22.5 Å². The fraction of sp³-hybridized carbons (Fsp3) is 0.263. The van der Waals surface area contributed by atoms with E-state index >= 15 is 0 Å². The summed E-state index contributed by atoms with van der Waals surface area (Å²) >= 11 is 0. The average molecular weight is 355 g/mol. The Labute approximate surface area is 150 Å². The van der Waals surface area contributed by atoms with Gasteiger partial charge in [-0.05, 0) is 31.2 Å². The molecule has 0 saturated carbocycles. The van der Waals surface area contributed by atoms with Crippen molar-refractivity contribution in [2.24, 2.45) is 7.05 Å². The second kappa shape index (κ2) is 6.95. The first kappa shape index (κ1) is 17.6. The number of ether oxygens (including phenoxy) is 2. The molecule has 1 aromatic carbocycles. The molecule has 7 nitrogen and oxygen atoms in total. The van der Waals surface area contributed by atoms with E-state index in [-0.39, 0.29) is 11.5 Å². The number of pyridine rings is 1. The van der Waals surface area contributed by atoms with E-state index in [1.54, 1.807) is 53.8 Å². The minimum absolute atomic E-state index is 0.106. The summed E-state index contributed by atoms with van der Waals surface area (Å²) in [7, 11) is 4.85. The van der Waals surface area contributed by atoms with E-state index in [9.17, 15) is 9.59 Å². The number of rotatable bonds is 5. The Hall–Kier alpha value is -3.22. The molecule has 2 aromatic heterocycles. The molecule has 3 aromatic rings. The quantitative estimate of drug-likeness (QED) is 0.763. The van der Waals surface area contributed by atoms with Crippen LogP contribution in [-0.4, -0.2) is 29.3 Å². The maximum atomic E-state index is 12.7. The van der Waals surface area contributed by atoms with E-state index in [1.807, 2.05) is 13.0 Å². The lowest BCUT2D eigenvalue weighted by atomic mass is 10.2. The molecule has 2 heterocycles. The van der Waals surface area contributed by atoms with E-state index in [0.717, 1.165) is 5.52 Å². The smallest absolute Gasteiger partial charge is 0.272 e. The third-order valence-corrected chi connectivity index (χ3v) is 4.40. The number of carbonyl (C=O) groups excluding carboxylic acids is 1. The fourth-order valence-electron chi connectivity index (χ4n) is 2.95. The zero-order chi connectivity index (χ0) is 18.8. The van der Waals surface area contributed by atoms with Gasteiger partial charge in [-0.3, -0.25) is 9.59 Å². The number of hydrogen-bond donors (Lipinski definition) is 1. The average Bonchev–Trinajstić information content (AvgIpc) is 2.99. The molecular formula is C19H21N3O4. The van der Waals surface area contributed by atoms with Gasteiger partial charge in [0, 0.05) is 31.5 Å². The summed E-state index contributed by atoms with van der Waals surface area (Å²) in [6, 6.07) is 8.60. The summed E-state index contributed by atoms with van der Waals surface area (Å²) in [5, 5.41) is 3.35. The number of methoxy groups -OCH3 is 2. The minimum Gasteiger partial charge on any atom is -0.493 e. The Kier molecular flexibility index (Phi) is 4.71. The molecule has 0 bridgehead atoms. The van der Waals surface area contributed by atoms with Crippen molar-refractivity contribution in [1.29, 1.82) is 0 Å². The second-order valence-corrected chi connectivity index (χ2v) is 5.82. The molecule has 0 saturated heterocycles. The van der Waals surface area contributed by atoms with Crippen molar-refractivity contribution in [3.05, 3.63) is 52.6 Å². The summed E-state index contributed by atoms with van der Waals surface area (Å²) in [4.78, 5) is 25.2. The van der Waals surface area contributed by atoms with Gasteiger partial charge in [0.25, 0.3) is 11.5 Å². The van der Waals surface area contributed by atoms with Gasteiger partial charge in [-0.2, -0.15) is 0 Å². The zero-order valence-corrected chi connectivity index (χ0v) is 15.2. The summed E-state index contributed by atoms with van der Waals surface area (Å²) in [5.41, 5.74) is 1.59. The highest BCUT2D eigenvalue weighted by atomic mass is 16.5. The summed E-state index contributed by atoms with van der Waals surface area (Å²) in [5.74, 6) is 0.793. The van der Waals surface area contributed by atoms with E-state index in [2.05, 4.69) is 5.32 Å². The molecule has 0 fully saturated rings. The number of nitrogens with one attached hydrogen (secondary N) is 1. The van der Waals surface area contributed by atoms with Crippen molar-refractivity contribution in [2.45, 2.75) is 13.5 Å². The Balaban J connectivity index is 1.97. The fourth-order valence-corrected chi connectivity index (χ4v) is 2.95. The van der Waals surface area contributed by atoms with E-state index in [4.69, 9.17) is 9.47 Å². The Bertz CT molecular complexity index is 1030. The number of benzene rings is 1. The van der Waals surface area contributed by atoms with Gasteiger partial charge in [-0.25, -0.2) is 0 Å². The number of aromatic nitrogens is 2. The van der Waals surface area contributed by atoms with Crippen LogP contribution in [0.25, 0.3) is 10.9 Å². The van der Waals surface area contributed by atoms with Gasteiger partial charge in [0.2, 0.25) is 0 Å². The number of amides is 1. The number of hydrogen-bond acceptors (Lipinski definition) is 4. The second-order valence-electron chi connectivity index (χ2n) is 5.82. The highest BCUT2D eigenvalue weighted by molar-refractivity contribution is 6.06. The monoisotopic (exact) mass is 355 g/mol. The predicted molar refractivity (Wildman–Crippen MR) is 100 cm³/mol. The van der Waals surface area contributed by atoms with Crippen LogP contribution in [0.1, 0.15) is 17.4 Å². The molecular weight excluding hydrogens is 334 g/mol. The lowest BCUT2D eigenvalue weighted by Gasteiger charge is -2.11. The van der Waals surface area contributed by atoms with Crippen LogP contribution in [0.5, 0.6) is 11.5 Å². The summed E-state index contributed by atoms with van der Waals surface area (Å²) < 4.78 is 13.8. The van der Waals surface area contributed by atoms with Crippen LogP contribution >= 0.6 is 0 Å². The normalized spacial score (nSPS) is 10.8. The van der Waals surface area contributed by atoms with Crippen molar-refractivity contribution in [2.75, 3.05) is 19.5 Å². The van der Waals surface area contributed by atoms with Crippen molar-refractivity contribution in [3.8, 4) is 11.5 Å². The largest absolute Gasteiger partial charge is 0.493 e. The number of aryl methyl sites for hydroxylation is 2. The maximum Gasteiger partial charge on any atom is 0.272 e. The van der Waals surface area contributed by atoms with Crippen molar-refractivity contribution in [1.82, 2.24) is 9.13 Å². The first-order valence-electron chi connectivity index (χ1n) is 8.22. The molecule has 136 valence electrons. The Morgan fingerprint density at radius 1 is 1.12 bits per heavy atom. The van der Waals surface area contributed by atoms with Gasteiger partial charge in [-0.1, -0.05) is 0 Å². The van der Waals surface area contributed by atoms with Crippen LogP contribution in [0.3, 0.4) is 0 Å². The van der Waals surface area contributed by atoms with Crippen LogP contribution < -0.4 is 20.3 Å². The molecule has 1 N–H and O–H groups in total. The van der Waals surface area contributed by atoms with E-state index in [1.165, 1.54) is 7.11 Å². The van der Waals surface area contributed by atoms with Crippen LogP contribution in [-0.2, 0) is 13.6 Å². The zero-order valence-electron chi connectivity index (χ0n) is 15.2. The topological polar surface area (TPSA) is 74.5 Å².